The Hall–Kier alpha value is -1.45. The standard InChI is InChI=1S/C10H11ClF5N5/c1-4(10(14,15)16)17-7-19-6(11)20-8(21-7)18-5-2-9(12,13)3-5/h4-5H,2-3H2,1H3,(H2,17,18,19,20,21). The summed E-state index contributed by atoms with van der Waals surface area (Å²) in [5.41, 5.74) is 0. The minimum absolute atomic E-state index is 0.146. The Morgan fingerprint density at radius 3 is 2.29 bits per heavy atom. The number of nitrogens with one attached hydrogen (secondary N) is 2. The number of aromatic nitrogens is 3. The molecule has 1 unspecified atom stereocenters. The first kappa shape index (κ1) is 15.9. The lowest BCUT2D eigenvalue weighted by molar-refractivity contribution is -0.138. The van der Waals surface area contributed by atoms with Crippen molar-refractivity contribution in [3.63, 3.8) is 0 Å². The minimum Gasteiger partial charge on any atom is -0.351 e. The second-order valence-corrected chi connectivity index (χ2v) is 5.10. The monoisotopic (exact) mass is 331 g/mol. The molecule has 0 bridgehead atoms. The molecule has 118 valence electrons. The normalized spacial score (nSPS) is 19.8. The van der Waals surface area contributed by atoms with E-state index in [1.807, 2.05) is 5.32 Å². The van der Waals surface area contributed by atoms with Crippen LogP contribution < -0.4 is 10.6 Å². The molecule has 1 aliphatic rings. The molecular weight excluding hydrogens is 321 g/mol. The van der Waals surface area contributed by atoms with E-state index in [1.165, 1.54) is 0 Å². The molecule has 21 heavy (non-hydrogen) atoms. The number of nitrogens with zero attached hydrogens (tertiary/aromatic N) is 3. The molecule has 0 radical (unpaired) electrons. The summed E-state index contributed by atoms with van der Waals surface area (Å²) in [5.74, 6) is -3.26. The van der Waals surface area contributed by atoms with Gasteiger partial charge in [0.15, 0.2) is 0 Å². The molecule has 1 heterocycles. The van der Waals surface area contributed by atoms with E-state index < -0.39 is 37.0 Å². The van der Waals surface area contributed by atoms with Gasteiger partial charge in [0.05, 0.1) is 0 Å². The molecule has 1 atom stereocenters. The molecule has 0 spiro atoms. The van der Waals surface area contributed by atoms with E-state index in [1.54, 1.807) is 0 Å². The predicted octanol–water partition coefficient (Wildman–Crippen LogP) is 3.10. The van der Waals surface area contributed by atoms with Gasteiger partial charge in [0, 0.05) is 18.9 Å². The van der Waals surface area contributed by atoms with Crippen molar-refractivity contribution in [2.24, 2.45) is 0 Å². The fourth-order valence-electron chi connectivity index (χ4n) is 1.70. The summed E-state index contributed by atoms with van der Waals surface area (Å²) in [6, 6.07) is -2.44. The van der Waals surface area contributed by atoms with Gasteiger partial charge in [-0.25, -0.2) is 8.78 Å². The van der Waals surface area contributed by atoms with E-state index in [-0.39, 0.29) is 17.2 Å². The summed E-state index contributed by atoms with van der Waals surface area (Å²) < 4.78 is 62.7. The van der Waals surface area contributed by atoms with E-state index in [0.29, 0.717) is 0 Å². The van der Waals surface area contributed by atoms with Gasteiger partial charge in [0.2, 0.25) is 17.2 Å². The van der Waals surface area contributed by atoms with Crippen LogP contribution in [-0.4, -0.2) is 39.1 Å². The predicted molar refractivity (Wildman–Crippen MR) is 65.6 cm³/mol. The van der Waals surface area contributed by atoms with Crippen LogP contribution in [-0.2, 0) is 0 Å². The molecule has 1 aliphatic carbocycles. The van der Waals surface area contributed by atoms with E-state index in [9.17, 15) is 22.0 Å². The summed E-state index contributed by atoms with van der Waals surface area (Å²) in [6.45, 7) is 0.886. The van der Waals surface area contributed by atoms with Gasteiger partial charge in [-0.05, 0) is 18.5 Å². The van der Waals surface area contributed by atoms with E-state index in [2.05, 4.69) is 20.3 Å². The number of halogens is 6. The van der Waals surface area contributed by atoms with Gasteiger partial charge in [-0.1, -0.05) is 0 Å². The van der Waals surface area contributed by atoms with Gasteiger partial charge >= 0.3 is 6.18 Å². The Bertz CT molecular complexity index is 515. The lowest BCUT2D eigenvalue weighted by atomic mass is 9.88. The van der Waals surface area contributed by atoms with E-state index >= 15 is 0 Å². The van der Waals surface area contributed by atoms with Gasteiger partial charge < -0.3 is 10.6 Å². The first-order valence-corrected chi connectivity index (χ1v) is 6.32. The van der Waals surface area contributed by atoms with Gasteiger partial charge in [-0.2, -0.15) is 28.1 Å². The number of hydrogen-bond acceptors (Lipinski definition) is 5. The zero-order chi connectivity index (χ0) is 15.8. The highest BCUT2D eigenvalue weighted by molar-refractivity contribution is 6.28. The first-order chi connectivity index (χ1) is 9.55. The average molecular weight is 332 g/mol. The first-order valence-electron chi connectivity index (χ1n) is 5.94. The van der Waals surface area contributed by atoms with Gasteiger partial charge in [-0.15, -0.1) is 0 Å². The van der Waals surface area contributed by atoms with Crippen molar-refractivity contribution in [1.29, 1.82) is 0 Å². The number of rotatable bonds is 4. The smallest absolute Gasteiger partial charge is 0.351 e. The highest BCUT2D eigenvalue weighted by atomic mass is 35.5. The zero-order valence-corrected chi connectivity index (χ0v) is 11.4. The number of anilines is 2. The fraction of sp³-hybridized carbons (Fsp3) is 0.700. The highest BCUT2D eigenvalue weighted by Gasteiger charge is 2.45. The molecule has 5 nitrogen and oxygen atoms in total. The van der Waals surface area contributed by atoms with Crippen molar-refractivity contribution in [3.8, 4) is 0 Å². The maximum Gasteiger partial charge on any atom is 0.408 e. The molecule has 1 saturated carbocycles. The van der Waals surface area contributed by atoms with Crippen molar-refractivity contribution in [1.82, 2.24) is 15.0 Å². The molecule has 1 aromatic rings. The van der Waals surface area contributed by atoms with Gasteiger partial charge in [0.1, 0.15) is 6.04 Å². The van der Waals surface area contributed by atoms with Crippen LogP contribution in [0, 0.1) is 0 Å². The molecule has 11 heteroatoms. The molecule has 0 amide bonds. The second-order valence-electron chi connectivity index (χ2n) is 4.76. The summed E-state index contributed by atoms with van der Waals surface area (Å²) in [7, 11) is 0. The molecule has 0 aromatic carbocycles. The van der Waals surface area contributed by atoms with Crippen LogP contribution in [0.25, 0.3) is 0 Å². The van der Waals surface area contributed by atoms with Crippen molar-refractivity contribution in [2.75, 3.05) is 10.6 Å². The summed E-state index contributed by atoms with van der Waals surface area (Å²) in [4.78, 5) is 10.8. The molecule has 2 rings (SSSR count). The SMILES string of the molecule is CC(Nc1nc(Cl)nc(NC2CC(F)(F)C2)n1)C(F)(F)F. The quantitative estimate of drug-likeness (QED) is 0.830. The number of hydrogen-bond donors (Lipinski definition) is 2. The number of alkyl halides is 5. The maximum absolute atomic E-state index is 12.7. The van der Waals surface area contributed by atoms with Crippen LogP contribution in [0.3, 0.4) is 0 Å². The third kappa shape index (κ3) is 4.26. The van der Waals surface area contributed by atoms with Crippen LogP contribution in [0.4, 0.5) is 33.8 Å². The summed E-state index contributed by atoms with van der Waals surface area (Å²) in [5, 5.41) is 4.27. The summed E-state index contributed by atoms with van der Waals surface area (Å²) in [6.07, 6.45) is -5.27. The Balaban J connectivity index is 2.04. The van der Waals surface area contributed by atoms with Gasteiger partial charge in [-0.3, -0.25) is 0 Å². The Labute approximate surface area is 121 Å². The molecule has 2 N–H and O–H groups in total. The maximum atomic E-state index is 12.7. The largest absolute Gasteiger partial charge is 0.408 e. The molecule has 1 aromatic heterocycles. The molecule has 0 aliphatic heterocycles. The van der Waals surface area contributed by atoms with Crippen molar-refractivity contribution >= 4 is 23.5 Å². The minimum atomic E-state index is -4.48. The van der Waals surface area contributed by atoms with Crippen LogP contribution in [0.2, 0.25) is 5.28 Å². The van der Waals surface area contributed by atoms with E-state index in [4.69, 9.17) is 11.6 Å². The molecule has 1 fully saturated rings. The van der Waals surface area contributed by atoms with Crippen LogP contribution in [0.15, 0.2) is 0 Å². The summed E-state index contributed by atoms with van der Waals surface area (Å²) >= 11 is 5.58. The lowest BCUT2D eigenvalue weighted by Crippen LogP contribution is -2.44. The highest BCUT2D eigenvalue weighted by Crippen LogP contribution is 2.38. The third-order valence-corrected chi connectivity index (χ3v) is 3.04. The molecular formula is C10H11ClF5N5. The fourth-order valence-corrected chi connectivity index (χ4v) is 1.86. The average Bonchev–Trinajstić information content (AvgIpc) is 2.23. The Kier molecular flexibility index (Phi) is 4.09. The van der Waals surface area contributed by atoms with Crippen LogP contribution >= 0.6 is 11.6 Å². The van der Waals surface area contributed by atoms with Crippen LogP contribution in [0.5, 0.6) is 0 Å². The zero-order valence-electron chi connectivity index (χ0n) is 10.7. The van der Waals surface area contributed by atoms with Gasteiger partial charge in [0.25, 0.3) is 5.92 Å². The van der Waals surface area contributed by atoms with Crippen molar-refractivity contribution < 1.29 is 22.0 Å². The van der Waals surface area contributed by atoms with Crippen LogP contribution in [0.1, 0.15) is 19.8 Å². The van der Waals surface area contributed by atoms with Crippen molar-refractivity contribution in [3.05, 3.63) is 5.28 Å². The van der Waals surface area contributed by atoms with Crippen molar-refractivity contribution in [2.45, 2.75) is 43.9 Å². The van der Waals surface area contributed by atoms with E-state index in [0.717, 1.165) is 6.92 Å². The third-order valence-electron chi connectivity index (χ3n) is 2.87. The Morgan fingerprint density at radius 2 is 1.76 bits per heavy atom. The molecule has 0 saturated heterocycles. The topological polar surface area (TPSA) is 62.7 Å². The lowest BCUT2D eigenvalue weighted by Gasteiger charge is -2.35. The second kappa shape index (κ2) is 5.39. The Morgan fingerprint density at radius 1 is 1.19 bits per heavy atom.